The zero-order valence-electron chi connectivity index (χ0n) is 6.72. The molecule has 4 heteroatoms. The number of fused-ring (bicyclic) bond motifs is 1. The van der Waals surface area contributed by atoms with Crippen molar-refractivity contribution in [1.82, 2.24) is 0 Å². The molecule has 0 aromatic heterocycles. The first-order valence-corrected chi connectivity index (χ1v) is 4.01. The minimum absolute atomic E-state index is 0.104. The average molecular weight is 176 g/mol. The maximum absolute atomic E-state index is 12.6. The summed E-state index contributed by atoms with van der Waals surface area (Å²) in [5, 5.41) is 0. The number of carbonyl (C=O) groups excluding carboxylic acids is 1. The number of hydrogen-bond donors (Lipinski definition) is 0. The maximum Gasteiger partial charge on any atom is 0.309 e. The normalized spacial score (nSPS) is 42.1. The minimum atomic E-state index is -2.53. The molecule has 0 bridgehead atoms. The zero-order valence-corrected chi connectivity index (χ0v) is 6.72. The summed E-state index contributed by atoms with van der Waals surface area (Å²) in [6.07, 6.45) is -0.255. The third-order valence-corrected chi connectivity index (χ3v) is 2.87. The largest absolute Gasteiger partial charge is 0.469 e. The number of carbonyl (C=O) groups is 1. The molecular weight excluding hydrogens is 166 g/mol. The predicted molar refractivity (Wildman–Crippen MR) is 36.7 cm³/mol. The van der Waals surface area contributed by atoms with E-state index in [1.165, 1.54) is 7.11 Å². The van der Waals surface area contributed by atoms with Crippen molar-refractivity contribution in [3.8, 4) is 0 Å². The summed E-state index contributed by atoms with van der Waals surface area (Å²) < 4.78 is 29.7. The van der Waals surface area contributed by atoms with Crippen molar-refractivity contribution in [1.29, 1.82) is 0 Å². The van der Waals surface area contributed by atoms with Gasteiger partial charge in [0.05, 0.1) is 13.0 Å². The van der Waals surface area contributed by atoms with Gasteiger partial charge in [-0.25, -0.2) is 8.78 Å². The van der Waals surface area contributed by atoms with Crippen LogP contribution in [0.25, 0.3) is 0 Å². The van der Waals surface area contributed by atoms with E-state index in [-0.39, 0.29) is 36.6 Å². The molecule has 0 radical (unpaired) electrons. The highest BCUT2D eigenvalue weighted by molar-refractivity contribution is 5.76. The van der Waals surface area contributed by atoms with Gasteiger partial charge in [0.2, 0.25) is 5.92 Å². The first-order chi connectivity index (χ1) is 5.55. The van der Waals surface area contributed by atoms with Crippen LogP contribution in [0, 0.1) is 17.8 Å². The fourth-order valence-electron chi connectivity index (χ4n) is 2.26. The molecule has 0 spiro atoms. The van der Waals surface area contributed by atoms with E-state index in [1.54, 1.807) is 0 Å². The third-order valence-electron chi connectivity index (χ3n) is 2.87. The van der Waals surface area contributed by atoms with E-state index in [2.05, 4.69) is 4.74 Å². The summed E-state index contributed by atoms with van der Waals surface area (Å²) >= 11 is 0. The number of ether oxygens (including phenoxy) is 1. The van der Waals surface area contributed by atoms with Crippen LogP contribution in [0.4, 0.5) is 8.78 Å². The van der Waals surface area contributed by atoms with Gasteiger partial charge in [0.25, 0.3) is 0 Å². The predicted octanol–water partition coefficient (Wildman–Crippen LogP) is 1.45. The van der Waals surface area contributed by atoms with Crippen LogP contribution >= 0.6 is 0 Å². The molecule has 0 aliphatic heterocycles. The molecule has 2 rings (SSSR count). The Morgan fingerprint density at radius 1 is 1.42 bits per heavy atom. The first kappa shape index (κ1) is 7.95. The van der Waals surface area contributed by atoms with Crippen LogP contribution in [-0.4, -0.2) is 19.0 Å². The number of esters is 1. The summed E-state index contributed by atoms with van der Waals surface area (Å²) in [4.78, 5) is 10.9. The van der Waals surface area contributed by atoms with Crippen molar-refractivity contribution in [3.05, 3.63) is 0 Å². The molecule has 2 nitrogen and oxygen atoms in total. The Kier molecular flexibility index (Phi) is 1.44. The Morgan fingerprint density at radius 3 is 2.33 bits per heavy atom. The van der Waals surface area contributed by atoms with Crippen LogP contribution in [-0.2, 0) is 9.53 Å². The lowest BCUT2D eigenvalue weighted by Crippen LogP contribution is -2.18. The van der Waals surface area contributed by atoms with Crippen molar-refractivity contribution in [3.63, 3.8) is 0 Å². The second-order valence-corrected chi connectivity index (χ2v) is 3.64. The Balaban J connectivity index is 1.95. The van der Waals surface area contributed by atoms with Crippen LogP contribution in [0.5, 0.6) is 0 Å². The standard InChI is InChI=1S/C8H10F2O2/c1-12-7(11)6-4-2-8(9,10)3-5(4)6/h4-6H,2-3H2,1H3/t4-,5+,6?. The van der Waals surface area contributed by atoms with E-state index in [9.17, 15) is 13.6 Å². The Hall–Kier alpha value is -0.670. The molecule has 0 amide bonds. The van der Waals surface area contributed by atoms with Crippen molar-refractivity contribution in [2.75, 3.05) is 7.11 Å². The molecule has 0 N–H and O–H groups in total. The topological polar surface area (TPSA) is 26.3 Å². The van der Waals surface area contributed by atoms with Crippen molar-refractivity contribution in [2.24, 2.45) is 17.8 Å². The smallest absolute Gasteiger partial charge is 0.309 e. The van der Waals surface area contributed by atoms with E-state index in [1.807, 2.05) is 0 Å². The first-order valence-electron chi connectivity index (χ1n) is 4.01. The van der Waals surface area contributed by atoms with E-state index in [0.717, 1.165) is 0 Å². The third kappa shape index (κ3) is 1.01. The van der Waals surface area contributed by atoms with Crippen molar-refractivity contribution < 1.29 is 18.3 Å². The second kappa shape index (κ2) is 2.18. The molecule has 2 saturated carbocycles. The summed E-state index contributed by atoms with van der Waals surface area (Å²) in [6, 6.07) is 0. The molecule has 1 unspecified atom stereocenters. The fraction of sp³-hybridized carbons (Fsp3) is 0.875. The van der Waals surface area contributed by atoms with E-state index >= 15 is 0 Å². The van der Waals surface area contributed by atoms with Gasteiger partial charge in [0.1, 0.15) is 0 Å². The van der Waals surface area contributed by atoms with Crippen LogP contribution in [0.1, 0.15) is 12.8 Å². The van der Waals surface area contributed by atoms with Crippen molar-refractivity contribution >= 4 is 5.97 Å². The fourth-order valence-corrected chi connectivity index (χ4v) is 2.26. The number of methoxy groups -OCH3 is 1. The van der Waals surface area contributed by atoms with Gasteiger partial charge in [-0.3, -0.25) is 4.79 Å². The van der Waals surface area contributed by atoms with Gasteiger partial charge < -0.3 is 4.74 Å². The van der Waals surface area contributed by atoms with Crippen molar-refractivity contribution in [2.45, 2.75) is 18.8 Å². The Morgan fingerprint density at radius 2 is 1.92 bits per heavy atom. The van der Waals surface area contributed by atoms with Gasteiger partial charge >= 0.3 is 5.97 Å². The maximum atomic E-state index is 12.6. The minimum Gasteiger partial charge on any atom is -0.469 e. The van der Waals surface area contributed by atoms with Gasteiger partial charge in [-0.05, 0) is 11.8 Å². The molecule has 0 aromatic rings. The number of hydrogen-bond acceptors (Lipinski definition) is 2. The molecule has 68 valence electrons. The molecule has 0 saturated heterocycles. The quantitative estimate of drug-likeness (QED) is 0.565. The number of rotatable bonds is 1. The summed E-state index contributed by atoms with van der Waals surface area (Å²) in [7, 11) is 1.30. The molecule has 0 heterocycles. The highest BCUT2D eigenvalue weighted by Gasteiger charge is 2.66. The highest BCUT2D eigenvalue weighted by Crippen LogP contribution is 2.62. The molecule has 2 aliphatic carbocycles. The summed E-state index contributed by atoms with van der Waals surface area (Å²) in [5.41, 5.74) is 0. The summed E-state index contributed by atoms with van der Waals surface area (Å²) in [5.74, 6) is -3.28. The Bertz CT molecular complexity index is 213. The second-order valence-electron chi connectivity index (χ2n) is 3.64. The lowest BCUT2D eigenvalue weighted by molar-refractivity contribution is -0.143. The zero-order chi connectivity index (χ0) is 8.93. The molecule has 2 fully saturated rings. The SMILES string of the molecule is COC(=O)C1[C@H]2CC(F)(F)C[C@@H]12. The molecule has 0 aromatic carbocycles. The van der Waals surface area contributed by atoms with Gasteiger partial charge in [-0.2, -0.15) is 0 Å². The van der Waals surface area contributed by atoms with Gasteiger partial charge in [0.15, 0.2) is 0 Å². The highest BCUT2D eigenvalue weighted by atomic mass is 19.3. The van der Waals surface area contributed by atoms with E-state index in [4.69, 9.17) is 0 Å². The van der Waals surface area contributed by atoms with E-state index < -0.39 is 5.92 Å². The van der Waals surface area contributed by atoms with Crippen LogP contribution in [0.15, 0.2) is 0 Å². The monoisotopic (exact) mass is 176 g/mol. The van der Waals surface area contributed by atoms with Crippen LogP contribution in [0.2, 0.25) is 0 Å². The molecular formula is C8H10F2O2. The van der Waals surface area contributed by atoms with Gasteiger partial charge in [0, 0.05) is 12.8 Å². The molecule has 3 atom stereocenters. The number of halogens is 2. The van der Waals surface area contributed by atoms with Gasteiger partial charge in [-0.15, -0.1) is 0 Å². The Labute approximate surface area is 68.9 Å². The van der Waals surface area contributed by atoms with Gasteiger partial charge in [-0.1, -0.05) is 0 Å². The van der Waals surface area contributed by atoms with Crippen LogP contribution < -0.4 is 0 Å². The van der Waals surface area contributed by atoms with E-state index in [0.29, 0.717) is 0 Å². The molecule has 12 heavy (non-hydrogen) atoms. The average Bonchev–Trinajstić information content (AvgIpc) is 2.49. The summed E-state index contributed by atoms with van der Waals surface area (Å²) in [6.45, 7) is 0. The lowest BCUT2D eigenvalue weighted by Gasteiger charge is -2.11. The molecule has 2 aliphatic rings. The van der Waals surface area contributed by atoms with Crippen LogP contribution in [0.3, 0.4) is 0 Å². The number of alkyl halides is 2. The lowest BCUT2D eigenvalue weighted by atomic mass is 10.1.